The molecule has 0 bridgehead atoms. The van der Waals surface area contributed by atoms with E-state index < -0.39 is 11.7 Å². The summed E-state index contributed by atoms with van der Waals surface area (Å²) < 4.78 is 43.1. The first-order valence-corrected chi connectivity index (χ1v) is 8.69. The van der Waals surface area contributed by atoms with Crippen LogP contribution in [0, 0.1) is 20.8 Å². The van der Waals surface area contributed by atoms with Gasteiger partial charge < -0.3 is 5.32 Å². The maximum Gasteiger partial charge on any atom is 0.417 e. The summed E-state index contributed by atoms with van der Waals surface area (Å²) in [5, 5.41) is 11.1. The Bertz CT molecular complexity index is 1050. The number of fused-ring (bicyclic) bond motifs is 1. The van der Waals surface area contributed by atoms with Gasteiger partial charge in [-0.1, -0.05) is 0 Å². The van der Waals surface area contributed by atoms with E-state index in [2.05, 4.69) is 20.5 Å². The van der Waals surface area contributed by atoms with Gasteiger partial charge in [0, 0.05) is 24.5 Å². The molecule has 0 unspecified atom stereocenters. The number of nitrogens with zero attached hydrogens (tertiary/aromatic N) is 5. The fourth-order valence-corrected chi connectivity index (χ4v) is 3.36. The number of carbonyl (C=O) groups excluding carboxylic acids is 1. The van der Waals surface area contributed by atoms with Gasteiger partial charge in [-0.25, -0.2) is 9.67 Å². The molecule has 3 rings (SSSR count). The van der Waals surface area contributed by atoms with Gasteiger partial charge in [0.05, 0.1) is 28.4 Å². The van der Waals surface area contributed by atoms with Gasteiger partial charge in [0.1, 0.15) is 6.54 Å². The lowest BCUT2D eigenvalue weighted by Crippen LogP contribution is -2.30. The van der Waals surface area contributed by atoms with Crippen LogP contribution in [-0.2, 0) is 24.6 Å². The molecule has 1 N–H and O–H groups in total. The van der Waals surface area contributed by atoms with Crippen molar-refractivity contribution in [1.29, 1.82) is 0 Å². The van der Waals surface area contributed by atoms with Crippen LogP contribution in [0.5, 0.6) is 0 Å². The topological polar surface area (TPSA) is 77.6 Å². The highest BCUT2D eigenvalue weighted by atomic mass is 19.4. The molecule has 3 heterocycles. The normalized spacial score (nSPS) is 13.1. The highest BCUT2D eigenvalue weighted by molar-refractivity contribution is 5.85. The fraction of sp³-hybridized carbons (Fsp3) is 0.444. The first kappa shape index (κ1) is 19.8. The number of hydrogen-bond acceptors (Lipinski definition) is 4. The van der Waals surface area contributed by atoms with Crippen LogP contribution in [0.3, 0.4) is 0 Å². The van der Waals surface area contributed by atoms with Crippen LogP contribution < -0.4 is 5.32 Å². The Morgan fingerprint density at radius 1 is 1.21 bits per heavy atom. The molecule has 0 saturated carbocycles. The SMILES string of the molecule is Cc1cc(C(F)(F)F)c2c(C)nn(CC(=O)N[C@H](C)c3cn(C)nc3C)c2n1. The standard InChI is InChI=1S/C18H21F3N6O/c1-9-6-14(18(19,20)21)16-12(4)25-27(17(16)22-9)8-15(28)23-10(2)13-7-26(5)24-11(13)3/h6-7,10H,8H2,1-5H3,(H,23,28)/t10-/m1/s1. The Kier molecular flexibility index (Phi) is 4.90. The Balaban J connectivity index is 1.89. The second-order valence-corrected chi connectivity index (χ2v) is 6.88. The van der Waals surface area contributed by atoms with E-state index in [1.165, 1.54) is 18.5 Å². The van der Waals surface area contributed by atoms with Crippen molar-refractivity contribution < 1.29 is 18.0 Å². The molecule has 0 fully saturated rings. The number of aryl methyl sites for hydroxylation is 4. The van der Waals surface area contributed by atoms with E-state index >= 15 is 0 Å². The minimum Gasteiger partial charge on any atom is -0.348 e. The smallest absolute Gasteiger partial charge is 0.348 e. The number of halogens is 3. The van der Waals surface area contributed by atoms with E-state index in [0.717, 1.165) is 17.3 Å². The fourth-order valence-electron chi connectivity index (χ4n) is 3.36. The lowest BCUT2D eigenvalue weighted by Gasteiger charge is -2.14. The monoisotopic (exact) mass is 394 g/mol. The highest BCUT2D eigenvalue weighted by Gasteiger charge is 2.35. The van der Waals surface area contributed by atoms with Crippen molar-refractivity contribution in [3.05, 3.63) is 40.5 Å². The van der Waals surface area contributed by atoms with Crippen LogP contribution in [0.15, 0.2) is 12.3 Å². The van der Waals surface area contributed by atoms with Gasteiger partial charge in [0.15, 0.2) is 5.65 Å². The van der Waals surface area contributed by atoms with Crippen molar-refractivity contribution in [1.82, 2.24) is 29.9 Å². The summed E-state index contributed by atoms with van der Waals surface area (Å²) in [7, 11) is 1.79. The average Bonchev–Trinajstić information content (AvgIpc) is 3.05. The molecule has 7 nitrogen and oxygen atoms in total. The van der Waals surface area contributed by atoms with Crippen LogP contribution in [-0.4, -0.2) is 30.5 Å². The van der Waals surface area contributed by atoms with Gasteiger partial charge in [-0.05, 0) is 33.8 Å². The zero-order chi connectivity index (χ0) is 20.8. The number of alkyl halides is 3. The summed E-state index contributed by atoms with van der Waals surface area (Å²) in [6.07, 6.45) is -2.71. The van der Waals surface area contributed by atoms with E-state index in [4.69, 9.17) is 0 Å². The van der Waals surface area contributed by atoms with Gasteiger partial charge in [0.2, 0.25) is 5.91 Å². The lowest BCUT2D eigenvalue weighted by atomic mass is 10.1. The molecule has 28 heavy (non-hydrogen) atoms. The van der Waals surface area contributed by atoms with Gasteiger partial charge in [-0.15, -0.1) is 0 Å². The zero-order valence-electron chi connectivity index (χ0n) is 16.2. The van der Waals surface area contributed by atoms with E-state index in [-0.39, 0.29) is 40.9 Å². The third kappa shape index (κ3) is 3.71. The molecule has 0 radical (unpaired) electrons. The minimum atomic E-state index is -4.53. The zero-order valence-corrected chi connectivity index (χ0v) is 16.2. The van der Waals surface area contributed by atoms with Crippen LogP contribution in [0.25, 0.3) is 11.0 Å². The molecular weight excluding hydrogens is 373 g/mol. The number of carbonyl (C=O) groups is 1. The summed E-state index contributed by atoms with van der Waals surface area (Å²) in [5.74, 6) is -0.378. The van der Waals surface area contributed by atoms with Crippen LogP contribution in [0.1, 0.15) is 41.2 Å². The molecule has 1 amide bonds. The molecule has 0 aliphatic rings. The van der Waals surface area contributed by atoms with Crippen LogP contribution in [0.2, 0.25) is 0 Å². The Morgan fingerprint density at radius 3 is 2.46 bits per heavy atom. The molecule has 10 heteroatoms. The maximum atomic E-state index is 13.4. The van der Waals surface area contributed by atoms with Gasteiger partial charge in [-0.3, -0.25) is 9.48 Å². The number of rotatable bonds is 4. The largest absolute Gasteiger partial charge is 0.417 e. The third-order valence-corrected chi connectivity index (χ3v) is 4.50. The van der Waals surface area contributed by atoms with Crippen LogP contribution >= 0.6 is 0 Å². The van der Waals surface area contributed by atoms with E-state index in [1.54, 1.807) is 11.7 Å². The van der Waals surface area contributed by atoms with Gasteiger partial charge in [-0.2, -0.15) is 23.4 Å². The second-order valence-electron chi connectivity index (χ2n) is 6.88. The predicted molar refractivity (Wildman–Crippen MR) is 96.5 cm³/mol. The molecule has 0 aliphatic heterocycles. The van der Waals surface area contributed by atoms with Crippen molar-refractivity contribution in [3.63, 3.8) is 0 Å². The third-order valence-electron chi connectivity index (χ3n) is 4.50. The van der Waals surface area contributed by atoms with Gasteiger partial charge >= 0.3 is 6.18 Å². The number of hydrogen-bond donors (Lipinski definition) is 1. The molecule has 0 spiro atoms. The van der Waals surface area contributed by atoms with Crippen molar-refractivity contribution in [3.8, 4) is 0 Å². The number of pyridine rings is 1. The molecule has 1 atom stereocenters. The van der Waals surface area contributed by atoms with Crippen molar-refractivity contribution in [2.24, 2.45) is 7.05 Å². The Hall–Kier alpha value is -2.91. The van der Waals surface area contributed by atoms with E-state index in [1.807, 2.05) is 20.0 Å². The quantitative estimate of drug-likeness (QED) is 0.738. The predicted octanol–water partition coefficient (Wildman–Crippen LogP) is 2.99. The first-order chi connectivity index (χ1) is 13.0. The molecule has 3 aromatic rings. The molecule has 3 aromatic heterocycles. The summed E-state index contributed by atoms with van der Waals surface area (Å²) >= 11 is 0. The van der Waals surface area contributed by atoms with Crippen LogP contribution in [0.4, 0.5) is 13.2 Å². The van der Waals surface area contributed by atoms with E-state index in [0.29, 0.717) is 0 Å². The summed E-state index contributed by atoms with van der Waals surface area (Å²) in [6, 6.07) is 0.693. The molecule has 150 valence electrons. The average molecular weight is 394 g/mol. The first-order valence-electron chi connectivity index (χ1n) is 8.69. The highest BCUT2D eigenvalue weighted by Crippen LogP contribution is 2.36. The summed E-state index contributed by atoms with van der Waals surface area (Å²) in [5.41, 5.74) is 1.30. The van der Waals surface area contributed by atoms with Gasteiger partial charge in [0.25, 0.3) is 0 Å². The van der Waals surface area contributed by atoms with Crippen molar-refractivity contribution in [2.45, 2.75) is 46.5 Å². The molecule has 0 aromatic carbocycles. The lowest BCUT2D eigenvalue weighted by molar-refractivity contribution is -0.136. The number of aromatic nitrogens is 5. The second kappa shape index (κ2) is 6.92. The molecular formula is C18H21F3N6O. The summed E-state index contributed by atoms with van der Waals surface area (Å²) in [4.78, 5) is 16.7. The number of nitrogens with one attached hydrogen (secondary N) is 1. The number of amides is 1. The van der Waals surface area contributed by atoms with E-state index in [9.17, 15) is 18.0 Å². The van der Waals surface area contributed by atoms with Crippen molar-refractivity contribution >= 4 is 16.9 Å². The maximum absolute atomic E-state index is 13.4. The Morgan fingerprint density at radius 2 is 1.89 bits per heavy atom. The molecule has 0 aliphatic carbocycles. The minimum absolute atomic E-state index is 0.0465. The molecule has 0 saturated heterocycles. The van der Waals surface area contributed by atoms with Crippen molar-refractivity contribution in [2.75, 3.05) is 0 Å². The Labute approximate surface area is 159 Å². The summed E-state index contributed by atoms with van der Waals surface area (Å²) in [6.45, 7) is 6.38.